The first kappa shape index (κ1) is 18.4. The zero-order valence-electron chi connectivity index (χ0n) is 16.4. The molecule has 152 valence electrons. The minimum atomic E-state index is -0.828. The number of aromatic amines is 1. The highest BCUT2D eigenvalue weighted by molar-refractivity contribution is 5.98. The van der Waals surface area contributed by atoms with E-state index < -0.39 is 5.97 Å². The van der Waals surface area contributed by atoms with Crippen molar-refractivity contribution < 1.29 is 14.7 Å². The molecule has 1 fully saturated rings. The number of nitrogens with one attached hydrogen (secondary N) is 2. The first-order chi connectivity index (χ1) is 14.5. The standard InChI is InChI=1S/C22H21N5O3/c1-23-22(30)14-6-7-18-17(9-14)25-21(13-4-5-15-11-24-26-16(15)8-13)27(18)19(10-20(28)29)12-2-3-12/h4-9,11-12,19H,2-3,10H2,1H3,(H,23,30)(H,24,26)(H,28,29). The lowest BCUT2D eigenvalue weighted by Gasteiger charge is -2.20. The Kier molecular flexibility index (Phi) is 4.27. The smallest absolute Gasteiger partial charge is 0.305 e. The monoisotopic (exact) mass is 403 g/mol. The van der Waals surface area contributed by atoms with Crippen LogP contribution in [0.15, 0.2) is 42.6 Å². The second-order valence-corrected chi connectivity index (χ2v) is 7.76. The molecule has 0 spiro atoms. The van der Waals surface area contributed by atoms with E-state index in [1.54, 1.807) is 25.4 Å². The van der Waals surface area contributed by atoms with Gasteiger partial charge in [-0.2, -0.15) is 5.10 Å². The summed E-state index contributed by atoms with van der Waals surface area (Å²) in [7, 11) is 1.59. The highest BCUT2D eigenvalue weighted by Gasteiger charge is 2.36. The second-order valence-electron chi connectivity index (χ2n) is 7.76. The Bertz CT molecular complexity index is 1280. The molecule has 2 aromatic heterocycles. The third kappa shape index (κ3) is 3.10. The van der Waals surface area contributed by atoms with E-state index in [2.05, 4.69) is 15.5 Å². The number of aliphatic carboxylic acids is 1. The van der Waals surface area contributed by atoms with Crippen LogP contribution in [0.5, 0.6) is 0 Å². The number of carbonyl (C=O) groups excluding carboxylic acids is 1. The predicted molar refractivity (Wildman–Crippen MR) is 112 cm³/mol. The van der Waals surface area contributed by atoms with Crippen LogP contribution in [0.4, 0.5) is 0 Å². The van der Waals surface area contributed by atoms with Gasteiger partial charge in [0.05, 0.1) is 29.2 Å². The van der Waals surface area contributed by atoms with E-state index in [9.17, 15) is 14.7 Å². The lowest BCUT2D eigenvalue weighted by Crippen LogP contribution is -2.18. The predicted octanol–water partition coefficient (Wildman–Crippen LogP) is 3.37. The molecule has 0 bridgehead atoms. The molecule has 8 nitrogen and oxygen atoms in total. The van der Waals surface area contributed by atoms with Crippen LogP contribution in [0.25, 0.3) is 33.3 Å². The van der Waals surface area contributed by atoms with Crippen LogP contribution < -0.4 is 5.32 Å². The van der Waals surface area contributed by atoms with Gasteiger partial charge in [0, 0.05) is 29.6 Å². The molecule has 1 atom stereocenters. The first-order valence-electron chi connectivity index (χ1n) is 9.94. The Morgan fingerprint density at radius 2 is 2.10 bits per heavy atom. The zero-order chi connectivity index (χ0) is 20.8. The maximum absolute atomic E-state index is 12.1. The fraction of sp³-hybridized carbons (Fsp3) is 0.273. The number of carboxylic acid groups (broad SMARTS) is 1. The Labute approximate surface area is 171 Å². The van der Waals surface area contributed by atoms with Gasteiger partial charge in [-0.25, -0.2) is 4.98 Å². The summed E-state index contributed by atoms with van der Waals surface area (Å²) in [5, 5.41) is 20.2. The Morgan fingerprint density at radius 3 is 2.83 bits per heavy atom. The summed E-state index contributed by atoms with van der Waals surface area (Å²) in [6.45, 7) is 0. The van der Waals surface area contributed by atoms with Gasteiger partial charge in [0.1, 0.15) is 5.82 Å². The molecule has 3 N–H and O–H groups in total. The number of carbonyl (C=O) groups is 2. The number of carboxylic acids is 1. The van der Waals surface area contributed by atoms with Crippen molar-refractivity contribution in [1.82, 2.24) is 25.1 Å². The number of hydrogen-bond donors (Lipinski definition) is 3. The number of H-pyrrole nitrogens is 1. The van der Waals surface area contributed by atoms with Crippen molar-refractivity contribution in [2.75, 3.05) is 7.05 Å². The number of nitrogens with zero attached hydrogens (tertiary/aromatic N) is 3. The summed E-state index contributed by atoms with van der Waals surface area (Å²) in [6, 6.07) is 11.1. The van der Waals surface area contributed by atoms with E-state index in [1.165, 1.54) is 0 Å². The average molecular weight is 403 g/mol. The van der Waals surface area contributed by atoms with Gasteiger partial charge in [-0.05, 0) is 43.0 Å². The molecule has 30 heavy (non-hydrogen) atoms. The molecular formula is C22H21N5O3. The van der Waals surface area contributed by atoms with Crippen LogP contribution in [0.3, 0.4) is 0 Å². The Hall–Kier alpha value is -3.68. The third-order valence-electron chi connectivity index (χ3n) is 5.76. The van der Waals surface area contributed by atoms with Gasteiger partial charge in [-0.3, -0.25) is 14.7 Å². The van der Waals surface area contributed by atoms with E-state index in [-0.39, 0.29) is 18.4 Å². The van der Waals surface area contributed by atoms with Crippen molar-refractivity contribution in [1.29, 1.82) is 0 Å². The molecule has 2 aromatic carbocycles. The quantitative estimate of drug-likeness (QED) is 0.457. The molecule has 1 amide bonds. The Balaban J connectivity index is 1.74. The first-order valence-corrected chi connectivity index (χ1v) is 9.94. The van der Waals surface area contributed by atoms with Crippen molar-refractivity contribution in [2.24, 2.45) is 5.92 Å². The molecule has 4 aromatic rings. The minimum absolute atomic E-state index is 0.0344. The van der Waals surface area contributed by atoms with E-state index in [1.807, 2.05) is 28.8 Å². The molecule has 1 aliphatic rings. The van der Waals surface area contributed by atoms with Gasteiger partial charge in [0.25, 0.3) is 5.91 Å². The topological polar surface area (TPSA) is 113 Å². The normalized spacial score (nSPS) is 14.8. The maximum atomic E-state index is 12.1. The Morgan fingerprint density at radius 1 is 1.27 bits per heavy atom. The van der Waals surface area contributed by atoms with Crippen molar-refractivity contribution in [3.8, 4) is 11.4 Å². The van der Waals surface area contributed by atoms with Crippen LogP contribution in [-0.4, -0.2) is 43.8 Å². The van der Waals surface area contributed by atoms with Crippen LogP contribution >= 0.6 is 0 Å². The fourth-order valence-electron chi connectivity index (χ4n) is 4.13. The zero-order valence-corrected chi connectivity index (χ0v) is 16.4. The van der Waals surface area contributed by atoms with Gasteiger partial charge in [0.2, 0.25) is 0 Å². The van der Waals surface area contributed by atoms with Gasteiger partial charge in [-0.15, -0.1) is 0 Å². The van der Waals surface area contributed by atoms with Gasteiger partial charge < -0.3 is 15.0 Å². The van der Waals surface area contributed by atoms with E-state index in [4.69, 9.17) is 4.98 Å². The molecule has 1 saturated carbocycles. The lowest BCUT2D eigenvalue weighted by molar-refractivity contribution is -0.138. The van der Waals surface area contributed by atoms with Crippen LogP contribution in [0.1, 0.15) is 35.7 Å². The molecule has 1 unspecified atom stereocenters. The summed E-state index contributed by atoms with van der Waals surface area (Å²) in [5.74, 6) is 0.00215. The number of rotatable bonds is 6. The van der Waals surface area contributed by atoms with E-state index in [0.717, 1.165) is 34.8 Å². The maximum Gasteiger partial charge on any atom is 0.305 e. The van der Waals surface area contributed by atoms with Crippen molar-refractivity contribution in [3.63, 3.8) is 0 Å². The highest BCUT2D eigenvalue weighted by Crippen LogP contribution is 2.45. The molecule has 5 rings (SSSR count). The van der Waals surface area contributed by atoms with E-state index in [0.29, 0.717) is 22.8 Å². The van der Waals surface area contributed by atoms with Crippen molar-refractivity contribution >= 4 is 33.8 Å². The van der Waals surface area contributed by atoms with Crippen LogP contribution in [0.2, 0.25) is 0 Å². The molecular weight excluding hydrogens is 382 g/mol. The molecule has 8 heteroatoms. The molecule has 0 saturated heterocycles. The van der Waals surface area contributed by atoms with Crippen LogP contribution in [-0.2, 0) is 4.79 Å². The molecule has 0 radical (unpaired) electrons. The van der Waals surface area contributed by atoms with E-state index >= 15 is 0 Å². The average Bonchev–Trinajstić information content (AvgIpc) is 3.36. The second kappa shape index (κ2) is 6.98. The summed E-state index contributed by atoms with van der Waals surface area (Å²) in [5.41, 5.74) is 3.79. The number of imidazole rings is 1. The third-order valence-corrected chi connectivity index (χ3v) is 5.76. The number of fused-ring (bicyclic) bond motifs is 2. The van der Waals surface area contributed by atoms with Gasteiger partial charge >= 0.3 is 5.97 Å². The molecule has 0 aliphatic heterocycles. The minimum Gasteiger partial charge on any atom is -0.481 e. The highest BCUT2D eigenvalue weighted by atomic mass is 16.4. The largest absolute Gasteiger partial charge is 0.481 e. The summed E-state index contributed by atoms with van der Waals surface area (Å²) in [4.78, 5) is 28.6. The SMILES string of the molecule is CNC(=O)c1ccc2c(c1)nc(-c1ccc3cn[nH]c3c1)n2C(CC(=O)O)C1CC1. The number of aromatic nitrogens is 4. The summed E-state index contributed by atoms with van der Waals surface area (Å²) in [6.07, 6.45) is 3.81. The van der Waals surface area contributed by atoms with Crippen LogP contribution in [0, 0.1) is 5.92 Å². The van der Waals surface area contributed by atoms with Crippen molar-refractivity contribution in [3.05, 3.63) is 48.2 Å². The van der Waals surface area contributed by atoms with Gasteiger partial charge in [0.15, 0.2) is 0 Å². The summed E-state index contributed by atoms with van der Waals surface area (Å²) < 4.78 is 2.05. The van der Waals surface area contributed by atoms with Gasteiger partial charge in [-0.1, -0.05) is 12.1 Å². The number of hydrogen-bond acceptors (Lipinski definition) is 4. The van der Waals surface area contributed by atoms with Crippen molar-refractivity contribution in [2.45, 2.75) is 25.3 Å². The lowest BCUT2D eigenvalue weighted by atomic mass is 10.1. The molecule has 1 aliphatic carbocycles. The number of benzene rings is 2. The fourth-order valence-corrected chi connectivity index (χ4v) is 4.13. The summed E-state index contributed by atoms with van der Waals surface area (Å²) >= 11 is 0. The molecule has 2 heterocycles. The number of amides is 1.